The van der Waals surface area contributed by atoms with E-state index < -0.39 is 6.04 Å². The van der Waals surface area contributed by atoms with E-state index in [1.165, 1.54) is 12.1 Å². The molecule has 1 aliphatic rings. The lowest BCUT2D eigenvalue weighted by atomic mass is 9.99. The van der Waals surface area contributed by atoms with E-state index in [4.69, 9.17) is 0 Å². The maximum absolute atomic E-state index is 14.1. The summed E-state index contributed by atoms with van der Waals surface area (Å²) in [5, 5.41) is 1.87. The summed E-state index contributed by atoms with van der Waals surface area (Å²) in [5.74, 6) is -0.634. The van der Waals surface area contributed by atoms with Gasteiger partial charge in [0.25, 0.3) is 5.91 Å². The van der Waals surface area contributed by atoms with Gasteiger partial charge in [0, 0.05) is 37.1 Å². The molecule has 0 radical (unpaired) electrons. The molecule has 0 fully saturated rings. The minimum atomic E-state index is -0.405. The van der Waals surface area contributed by atoms with Crippen LogP contribution >= 0.6 is 0 Å². The van der Waals surface area contributed by atoms with Crippen LogP contribution in [0.1, 0.15) is 41.0 Å². The highest BCUT2D eigenvalue weighted by Gasteiger charge is 2.33. The van der Waals surface area contributed by atoms with Gasteiger partial charge in [-0.25, -0.2) is 4.39 Å². The van der Waals surface area contributed by atoms with Crippen molar-refractivity contribution in [1.82, 2.24) is 14.4 Å². The van der Waals surface area contributed by atoms with Crippen LogP contribution in [0.15, 0.2) is 85.1 Å². The average Bonchev–Trinajstić information content (AvgIpc) is 3.36. The summed E-state index contributed by atoms with van der Waals surface area (Å²) in [6, 6.07) is 23.4. The van der Waals surface area contributed by atoms with Crippen molar-refractivity contribution in [2.24, 2.45) is 0 Å². The molecule has 3 aromatic carbocycles. The number of carbonyl (C=O) groups excluding carboxylic acids is 2. The van der Waals surface area contributed by atoms with E-state index in [1.54, 1.807) is 15.9 Å². The van der Waals surface area contributed by atoms with Crippen LogP contribution in [0.3, 0.4) is 0 Å². The number of benzene rings is 3. The molecule has 5 nitrogen and oxygen atoms in total. The van der Waals surface area contributed by atoms with Crippen molar-refractivity contribution in [1.29, 1.82) is 0 Å². The molecule has 0 N–H and O–H groups in total. The highest BCUT2D eigenvalue weighted by molar-refractivity contribution is 6.07. The maximum atomic E-state index is 14.1. The van der Waals surface area contributed by atoms with E-state index in [-0.39, 0.29) is 24.2 Å². The standard InChI is InChI=1S/C29H28FN3O2/c1-2-15-32(29(35)25-13-6-9-21-8-3-4-12-24(21)25)20-27(34)33-18-17-31-16-7-14-26(31)28(33)22-10-5-11-23(30)19-22/h3-14,16,19,28H,2,15,17-18,20H2,1H3. The number of fused-ring (bicyclic) bond motifs is 2. The van der Waals surface area contributed by atoms with E-state index in [9.17, 15) is 14.0 Å². The quantitative estimate of drug-likeness (QED) is 0.387. The SMILES string of the molecule is CCCN(CC(=O)N1CCn2cccc2C1c1cccc(F)c1)C(=O)c1cccc2ccccc12. The number of halogens is 1. The largest absolute Gasteiger partial charge is 0.348 e. The Bertz CT molecular complexity index is 1370. The molecule has 35 heavy (non-hydrogen) atoms. The summed E-state index contributed by atoms with van der Waals surface area (Å²) in [4.78, 5) is 30.8. The van der Waals surface area contributed by atoms with Crippen molar-refractivity contribution in [2.45, 2.75) is 25.9 Å². The third-order valence-electron chi connectivity index (χ3n) is 6.65. The summed E-state index contributed by atoms with van der Waals surface area (Å²) in [6.45, 7) is 3.59. The molecule has 6 heteroatoms. The van der Waals surface area contributed by atoms with Gasteiger partial charge in [-0.05, 0) is 53.1 Å². The first-order valence-electron chi connectivity index (χ1n) is 12.0. The Kier molecular flexibility index (Phi) is 6.36. The van der Waals surface area contributed by atoms with E-state index in [2.05, 4.69) is 4.57 Å². The Morgan fingerprint density at radius 3 is 2.60 bits per heavy atom. The zero-order valence-electron chi connectivity index (χ0n) is 19.7. The van der Waals surface area contributed by atoms with Crippen LogP contribution in [-0.2, 0) is 11.3 Å². The first kappa shape index (κ1) is 22.8. The molecule has 0 saturated heterocycles. The number of carbonyl (C=O) groups is 2. The van der Waals surface area contributed by atoms with Gasteiger partial charge in [-0.2, -0.15) is 0 Å². The van der Waals surface area contributed by atoms with Crippen LogP contribution in [0.25, 0.3) is 10.8 Å². The molecule has 2 amide bonds. The van der Waals surface area contributed by atoms with E-state index in [1.807, 2.05) is 73.8 Å². The zero-order valence-corrected chi connectivity index (χ0v) is 19.7. The number of hydrogen-bond acceptors (Lipinski definition) is 2. The van der Waals surface area contributed by atoms with E-state index >= 15 is 0 Å². The fraction of sp³-hybridized carbons (Fsp3) is 0.241. The molecular formula is C29H28FN3O2. The van der Waals surface area contributed by atoms with Gasteiger partial charge in [-0.15, -0.1) is 0 Å². The molecule has 0 bridgehead atoms. The zero-order chi connectivity index (χ0) is 24.4. The molecule has 0 aliphatic carbocycles. The summed E-state index contributed by atoms with van der Waals surface area (Å²) < 4.78 is 16.2. The van der Waals surface area contributed by atoms with Crippen molar-refractivity contribution in [3.63, 3.8) is 0 Å². The smallest absolute Gasteiger partial charge is 0.254 e. The Hall–Kier alpha value is -3.93. The van der Waals surface area contributed by atoms with Crippen LogP contribution < -0.4 is 0 Å². The molecule has 2 heterocycles. The third-order valence-corrected chi connectivity index (χ3v) is 6.65. The second-order valence-electron chi connectivity index (χ2n) is 8.92. The molecule has 1 aromatic heterocycles. The highest BCUT2D eigenvalue weighted by atomic mass is 19.1. The first-order chi connectivity index (χ1) is 17.1. The predicted octanol–water partition coefficient (Wildman–Crippen LogP) is 5.26. The number of rotatable bonds is 6. The van der Waals surface area contributed by atoms with E-state index in [0.29, 0.717) is 25.2 Å². The van der Waals surface area contributed by atoms with Crippen LogP contribution in [0.4, 0.5) is 4.39 Å². The first-order valence-corrected chi connectivity index (χ1v) is 12.0. The molecule has 1 atom stereocenters. The Balaban J connectivity index is 1.45. The summed E-state index contributed by atoms with van der Waals surface area (Å²) >= 11 is 0. The van der Waals surface area contributed by atoms with Gasteiger partial charge in [0.15, 0.2) is 0 Å². The molecule has 5 rings (SSSR count). The van der Waals surface area contributed by atoms with Gasteiger partial charge >= 0.3 is 0 Å². The Morgan fingerprint density at radius 2 is 1.77 bits per heavy atom. The van der Waals surface area contributed by atoms with Crippen molar-refractivity contribution >= 4 is 22.6 Å². The van der Waals surface area contributed by atoms with Crippen molar-refractivity contribution in [2.75, 3.05) is 19.6 Å². The average molecular weight is 470 g/mol. The second-order valence-corrected chi connectivity index (χ2v) is 8.92. The molecule has 178 valence electrons. The van der Waals surface area contributed by atoms with Gasteiger partial charge in [0.1, 0.15) is 12.4 Å². The second kappa shape index (κ2) is 9.74. The minimum Gasteiger partial charge on any atom is -0.348 e. The van der Waals surface area contributed by atoms with E-state index in [0.717, 1.165) is 28.5 Å². The number of nitrogens with zero attached hydrogens (tertiary/aromatic N) is 3. The van der Waals surface area contributed by atoms with Crippen molar-refractivity contribution in [3.05, 3.63) is 108 Å². The maximum Gasteiger partial charge on any atom is 0.254 e. The molecular weight excluding hydrogens is 441 g/mol. The number of aromatic nitrogens is 1. The van der Waals surface area contributed by atoms with Gasteiger partial charge in [0.2, 0.25) is 5.91 Å². The molecule has 1 aliphatic heterocycles. The third kappa shape index (κ3) is 4.44. The van der Waals surface area contributed by atoms with Crippen LogP contribution in [0.2, 0.25) is 0 Å². The topological polar surface area (TPSA) is 45.6 Å². The summed E-state index contributed by atoms with van der Waals surface area (Å²) in [5.41, 5.74) is 2.26. The minimum absolute atomic E-state index is 0.0254. The number of amides is 2. The lowest BCUT2D eigenvalue weighted by molar-refractivity contribution is -0.134. The highest BCUT2D eigenvalue weighted by Crippen LogP contribution is 2.33. The van der Waals surface area contributed by atoms with Crippen molar-refractivity contribution in [3.8, 4) is 0 Å². The molecule has 0 spiro atoms. The monoisotopic (exact) mass is 469 g/mol. The molecule has 0 saturated carbocycles. The lowest BCUT2D eigenvalue weighted by Crippen LogP contribution is -2.48. The van der Waals surface area contributed by atoms with Gasteiger partial charge < -0.3 is 14.4 Å². The predicted molar refractivity (Wildman–Crippen MR) is 135 cm³/mol. The van der Waals surface area contributed by atoms with Gasteiger partial charge in [-0.3, -0.25) is 9.59 Å². The van der Waals surface area contributed by atoms with Gasteiger partial charge in [0.05, 0.1) is 6.04 Å². The van der Waals surface area contributed by atoms with Crippen molar-refractivity contribution < 1.29 is 14.0 Å². The van der Waals surface area contributed by atoms with Gasteiger partial charge in [-0.1, -0.05) is 55.5 Å². The Morgan fingerprint density at radius 1 is 0.971 bits per heavy atom. The fourth-order valence-corrected chi connectivity index (χ4v) is 5.04. The van der Waals surface area contributed by atoms with Crippen LogP contribution in [0.5, 0.6) is 0 Å². The van der Waals surface area contributed by atoms with Crippen LogP contribution in [-0.4, -0.2) is 45.8 Å². The molecule has 4 aromatic rings. The molecule has 1 unspecified atom stereocenters. The van der Waals surface area contributed by atoms with Crippen LogP contribution in [0, 0.1) is 5.82 Å². The summed E-state index contributed by atoms with van der Waals surface area (Å²) in [6.07, 6.45) is 2.72. The number of hydrogen-bond donors (Lipinski definition) is 0. The lowest BCUT2D eigenvalue weighted by Gasteiger charge is -2.38. The Labute approximate surface area is 204 Å². The summed E-state index contributed by atoms with van der Waals surface area (Å²) in [7, 11) is 0. The fourth-order valence-electron chi connectivity index (χ4n) is 5.04. The normalized spacial score (nSPS) is 15.1.